The Hall–Kier alpha value is -1.70. The van der Waals surface area contributed by atoms with Crippen LogP contribution in [0.5, 0.6) is 0 Å². The summed E-state index contributed by atoms with van der Waals surface area (Å²) in [5.41, 5.74) is 3.83. The Bertz CT molecular complexity index is 434. The van der Waals surface area contributed by atoms with Gasteiger partial charge in [-0.1, -0.05) is 30.9 Å². The fourth-order valence-electron chi connectivity index (χ4n) is 2.27. The van der Waals surface area contributed by atoms with Gasteiger partial charge in [0.1, 0.15) is 0 Å². The summed E-state index contributed by atoms with van der Waals surface area (Å²) in [4.78, 5) is 2.41. The SMILES string of the molecule is C=C(N/C=C\C)C(C)N1CCc2ccccc21. The van der Waals surface area contributed by atoms with Gasteiger partial charge in [-0.05, 0) is 38.1 Å². The van der Waals surface area contributed by atoms with Crippen LogP contribution in [0.2, 0.25) is 0 Å². The fourth-order valence-corrected chi connectivity index (χ4v) is 2.27. The smallest absolute Gasteiger partial charge is 0.0657 e. The molecule has 0 bridgehead atoms. The van der Waals surface area contributed by atoms with E-state index in [9.17, 15) is 0 Å². The van der Waals surface area contributed by atoms with E-state index in [4.69, 9.17) is 0 Å². The van der Waals surface area contributed by atoms with Crippen molar-refractivity contribution in [2.24, 2.45) is 0 Å². The molecule has 0 amide bonds. The third-order valence-electron chi connectivity index (χ3n) is 3.33. The van der Waals surface area contributed by atoms with Gasteiger partial charge in [-0.15, -0.1) is 0 Å². The average molecular weight is 228 g/mol. The lowest BCUT2D eigenvalue weighted by Crippen LogP contribution is -2.36. The summed E-state index contributed by atoms with van der Waals surface area (Å²) in [6, 6.07) is 8.94. The van der Waals surface area contributed by atoms with E-state index in [1.54, 1.807) is 0 Å². The largest absolute Gasteiger partial charge is 0.364 e. The quantitative estimate of drug-likeness (QED) is 0.852. The number of nitrogens with one attached hydrogen (secondary N) is 1. The number of hydrogen-bond donors (Lipinski definition) is 1. The highest BCUT2D eigenvalue weighted by atomic mass is 15.2. The van der Waals surface area contributed by atoms with Crippen LogP contribution < -0.4 is 10.2 Å². The number of allylic oxidation sites excluding steroid dienone is 1. The second-order valence-electron chi connectivity index (χ2n) is 4.42. The standard InChI is InChI=1S/C15H20N2/c1-4-10-16-12(2)13(3)17-11-9-14-7-5-6-8-15(14)17/h4-8,10,13,16H,2,9,11H2,1,3H3/b10-4-. The minimum absolute atomic E-state index is 0.315. The normalized spacial score (nSPS) is 16.0. The summed E-state index contributed by atoms with van der Waals surface area (Å²) in [7, 11) is 0. The minimum Gasteiger partial charge on any atom is -0.364 e. The monoisotopic (exact) mass is 228 g/mol. The van der Waals surface area contributed by atoms with Crippen molar-refractivity contribution in [1.29, 1.82) is 0 Å². The van der Waals surface area contributed by atoms with E-state index < -0.39 is 0 Å². The number of benzene rings is 1. The number of fused-ring (bicyclic) bond motifs is 1. The topological polar surface area (TPSA) is 15.3 Å². The van der Waals surface area contributed by atoms with Crippen molar-refractivity contribution in [2.75, 3.05) is 11.4 Å². The Labute approximate surface area is 104 Å². The maximum absolute atomic E-state index is 4.11. The van der Waals surface area contributed by atoms with Crippen LogP contribution in [-0.2, 0) is 6.42 Å². The summed E-state index contributed by atoms with van der Waals surface area (Å²) in [5.74, 6) is 0. The van der Waals surface area contributed by atoms with Crippen molar-refractivity contribution in [2.45, 2.75) is 26.3 Å². The molecule has 0 fully saturated rings. The van der Waals surface area contributed by atoms with Gasteiger partial charge in [0.15, 0.2) is 0 Å². The first-order chi connectivity index (χ1) is 8.24. The average Bonchev–Trinajstić information content (AvgIpc) is 2.78. The van der Waals surface area contributed by atoms with E-state index >= 15 is 0 Å². The lowest BCUT2D eigenvalue weighted by molar-refractivity contribution is 0.701. The Balaban J connectivity index is 2.12. The van der Waals surface area contributed by atoms with Crippen LogP contribution in [0.15, 0.2) is 48.8 Å². The van der Waals surface area contributed by atoms with Crippen molar-refractivity contribution in [3.05, 3.63) is 54.4 Å². The first-order valence-corrected chi connectivity index (χ1v) is 6.15. The fraction of sp³-hybridized carbons (Fsp3) is 0.333. The molecule has 2 rings (SSSR count). The maximum Gasteiger partial charge on any atom is 0.0657 e. The van der Waals surface area contributed by atoms with Gasteiger partial charge in [-0.2, -0.15) is 0 Å². The highest BCUT2D eigenvalue weighted by molar-refractivity contribution is 5.59. The van der Waals surface area contributed by atoms with Gasteiger partial charge in [0.25, 0.3) is 0 Å². The second-order valence-corrected chi connectivity index (χ2v) is 4.42. The number of hydrogen-bond acceptors (Lipinski definition) is 2. The van der Waals surface area contributed by atoms with E-state index in [2.05, 4.69) is 48.0 Å². The van der Waals surface area contributed by atoms with Crippen molar-refractivity contribution < 1.29 is 0 Å². The van der Waals surface area contributed by atoms with Crippen LogP contribution in [0, 0.1) is 0 Å². The van der Waals surface area contributed by atoms with Crippen LogP contribution in [0.25, 0.3) is 0 Å². The Morgan fingerprint density at radius 2 is 2.24 bits per heavy atom. The zero-order chi connectivity index (χ0) is 12.3. The number of nitrogens with zero attached hydrogens (tertiary/aromatic N) is 1. The van der Waals surface area contributed by atoms with E-state index in [1.807, 2.05) is 19.2 Å². The minimum atomic E-state index is 0.315. The number of anilines is 1. The van der Waals surface area contributed by atoms with Crippen LogP contribution in [0.3, 0.4) is 0 Å². The van der Waals surface area contributed by atoms with E-state index in [-0.39, 0.29) is 0 Å². The summed E-state index contributed by atoms with van der Waals surface area (Å²) in [6.07, 6.45) is 5.05. The van der Waals surface area contributed by atoms with Crippen molar-refractivity contribution in [3.63, 3.8) is 0 Å². The summed E-state index contributed by atoms with van der Waals surface area (Å²) >= 11 is 0. The molecule has 90 valence electrons. The van der Waals surface area contributed by atoms with Gasteiger partial charge in [-0.25, -0.2) is 0 Å². The van der Waals surface area contributed by atoms with E-state index in [0.29, 0.717) is 6.04 Å². The van der Waals surface area contributed by atoms with Crippen LogP contribution >= 0.6 is 0 Å². The van der Waals surface area contributed by atoms with Crippen LogP contribution in [0.4, 0.5) is 5.69 Å². The van der Waals surface area contributed by atoms with E-state index in [0.717, 1.165) is 18.7 Å². The summed E-state index contributed by atoms with van der Waals surface area (Å²) < 4.78 is 0. The van der Waals surface area contributed by atoms with Crippen molar-refractivity contribution in [3.8, 4) is 0 Å². The van der Waals surface area contributed by atoms with Crippen molar-refractivity contribution in [1.82, 2.24) is 5.32 Å². The van der Waals surface area contributed by atoms with Crippen LogP contribution in [-0.4, -0.2) is 12.6 Å². The highest BCUT2D eigenvalue weighted by Gasteiger charge is 2.23. The molecule has 1 atom stereocenters. The van der Waals surface area contributed by atoms with Gasteiger partial charge < -0.3 is 10.2 Å². The molecule has 0 aliphatic carbocycles. The van der Waals surface area contributed by atoms with Gasteiger partial charge in [0.05, 0.1) is 6.04 Å². The summed E-state index contributed by atoms with van der Waals surface area (Å²) in [5, 5.41) is 3.22. The number of rotatable bonds is 4. The molecular weight excluding hydrogens is 208 g/mol. The van der Waals surface area contributed by atoms with Gasteiger partial charge >= 0.3 is 0 Å². The molecule has 0 radical (unpaired) electrons. The predicted molar refractivity (Wildman–Crippen MR) is 74.0 cm³/mol. The van der Waals surface area contributed by atoms with E-state index in [1.165, 1.54) is 11.3 Å². The molecule has 0 spiro atoms. The van der Waals surface area contributed by atoms with Gasteiger partial charge in [0.2, 0.25) is 0 Å². The van der Waals surface area contributed by atoms with Gasteiger partial charge in [0, 0.05) is 17.9 Å². The maximum atomic E-state index is 4.11. The number of para-hydroxylation sites is 1. The first-order valence-electron chi connectivity index (χ1n) is 6.15. The molecule has 17 heavy (non-hydrogen) atoms. The Kier molecular flexibility index (Phi) is 3.52. The zero-order valence-electron chi connectivity index (χ0n) is 10.6. The molecule has 1 heterocycles. The third-order valence-corrected chi connectivity index (χ3v) is 3.33. The molecule has 2 heteroatoms. The molecule has 1 aromatic carbocycles. The molecule has 1 aliphatic rings. The Morgan fingerprint density at radius 3 is 3.00 bits per heavy atom. The second kappa shape index (κ2) is 5.09. The lowest BCUT2D eigenvalue weighted by Gasteiger charge is -2.28. The molecule has 1 aromatic rings. The predicted octanol–water partition coefficient (Wildman–Crippen LogP) is 3.07. The molecule has 1 aliphatic heterocycles. The molecular formula is C15H20N2. The molecule has 0 saturated carbocycles. The molecule has 0 saturated heterocycles. The molecule has 2 nitrogen and oxygen atoms in total. The van der Waals surface area contributed by atoms with Gasteiger partial charge in [-0.3, -0.25) is 0 Å². The molecule has 1 unspecified atom stereocenters. The van der Waals surface area contributed by atoms with Crippen molar-refractivity contribution >= 4 is 5.69 Å². The lowest BCUT2D eigenvalue weighted by atomic mass is 10.1. The molecule has 0 aromatic heterocycles. The zero-order valence-corrected chi connectivity index (χ0v) is 10.6. The Morgan fingerprint density at radius 1 is 1.47 bits per heavy atom. The molecule has 1 N–H and O–H groups in total. The third kappa shape index (κ3) is 2.36. The van der Waals surface area contributed by atoms with Crippen LogP contribution in [0.1, 0.15) is 19.4 Å². The summed E-state index contributed by atoms with van der Waals surface area (Å²) in [6.45, 7) is 9.38. The highest BCUT2D eigenvalue weighted by Crippen LogP contribution is 2.30. The first kappa shape index (κ1) is 11.8.